The van der Waals surface area contributed by atoms with Crippen LogP contribution in [0.15, 0.2) is 36.5 Å². The molecule has 0 aliphatic heterocycles. The van der Waals surface area contributed by atoms with E-state index in [9.17, 15) is 14.4 Å². The Morgan fingerprint density at radius 2 is 0.600 bits per heavy atom. The van der Waals surface area contributed by atoms with E-state index in [1.807, 2.05) is 0 Å². The van der Waals surface area contributed by atoms with Crippen LogP contribution in [0.25, 0.3) is 0 Å². The number of unbranched alkanes of at least 4 members (excludes halogenated alkanes) is 32. The van der Waals surface area contributed by atoms with Crippen LogP contribution in [0, 0.1) is 0 Å². The van der Waals surface area contributed by atoms with Crippen molar-refractivity contribution in [1.82, 2.24) is 0 Å². The van der Waals surface area contributed by atoms with E-state index >= 15 is 0 Å². The van der Waals surface area contributed by atoms with Gasteiger partial charge in [-0.3, -0.25) is 14.4 Å². The molecule has 1 unspecified atom stereocenters. The van der Waals surface area contributed by atoms with Crippen LogP contribution in [0.4, 0.5) is 0 Å². The van der Waals surface area contributed by atoms with Crippen LogP contribution in [0.3, 0.4) is 0 Å². The zero-order chi connectivity index (χ0) is 43.7. The van der Waals surface area contributed by atoms with Gasteiger partial charge in [-0.05, 0) is 44.9 Å². The number of allylic oxidation sites excluding steroid dienone is 6. The lowest BCUT2D eigenvalue weighted by Crippen LogP contribution is -2.30. The molecule has 0 amide bonds. The molecule has 0 radical (unpaired) electrons. The van der Waals surface area contributed by atoms with Crippen LogP contribution >= 0.6 is 0 Å². The molecule has 0 aliphatic rings. The summed E-state index contributed by atoms with van der Waals surface area (Å²) in [6, 6.07) is 0. The highest BCUT2D eigenvalue weighted by Crippen LogP contribution is 2.16. The Morgan fingerprint density at radius 3 is 0.917 bits per heavy atom. The van der Waals surface area contributed by atoms with Gasteiger partial charge in [-0.15, -0.1) is 0 Å². The molecule has 1 atom stereocenters. The van der Waals surface area contributed by atoms with Gasteiger partial charge in [0.25, 0.3) is 0 Å². The molecule has 0 bridgehead atoms. The molecule has 0 fully saturated rings. The average Bonchev–Trinajstić information content (AvgIpc) is 3.24. The van der Waals surface area contributed by atoms with Crippen molar-refractivity contribution < 1.29 is 28.6 Å². The van der Waals surface area contributed by atoms with Gasteiger partial charge < -0.3 is 14.2 Å². The van der Waals surface area contributed by atoms with Gasteiger partial charge in [0.2, 0.25) is 0 Å². The Kier molecular flexibility index (Phi) is 47.3. The first-order valence-electron chi connectivity index (χ1n) is 26.0. The van der Waals surface area contributed by atoms with Gasteiger partial charge in [-0.2, -0.15) is 0 Å². The SMILES string of the molecule is CCCCCCC\C=C/C=C\C=C/CCCCCCCC(=O)OCC(COC(=O)CCCCCCCCCCC)OC(=O)CCCCCCCCCCCCCCCCC. The molecule has 60 heavy (non-hydrogen) atoms. The van der Waals surface area contributed by atoms with Crippen molar-refractivity contribution in [3.8, 4) is 0 Å². The lowest BCUT2D eigenvalue weighted by atomic mass is 10.0. The third-order valence-electron chi connectivity index (χ3n) is 11.5. The number of hydrogen-bond donors (Lipinski definition) is 0. The summed E-state index contributed by atoms with van der Waals surface area (Å²) < 4.78 is 16.8. The summed E-state index contributed by atoms with van der Waals surface area (Å²) in [5.74, 6) is -0.887. The van der Waals surface area contributed by atoms with Crippen molar-refractivity contribution in [1.29, 1.82) is 0 Å². The third-order valence-corrected chi connectivity index (χ3v) is 11.5. The number of esters is 3. The molecule has 0 N–H and O–H groups in total. The second-order valence-corrected chi connectivity index (χ2v) is 17.5. The molecule has 0 rings (SSSR count). The zero-order valence-electron chi connectivity index (χ0n) is 40.0. The number of carbonyl (C=O) groups excluding carboxylic acids is 3. The molecular weight excluding hydrogens is 745 g/mol. The van der Waals surface area contributed by atoms with Crippen molar-refractivity contribution in [2.75, 3.05) is 13.2 Å². The molecule has 0 aromatic heterocycles. The van der Waals surface area contributed by atoms with Crippen LogP contribution in [0.5, 0.6) is 0 Å². The summed E-state index contributed by atoms with van der Waals surface area (Å²) >= 11 is 0. The molecule has 0 aromatic rings. The lowest BCUT2D eigenvalue weighted by molar-refractivity contribution is -0.167. The summed E-state index contributed by atoms with van der Waals surface area (Å²) in [6.45, 7) is 6.61. The molecule has 0 aliphatic carbocycles. The van der Waals surface area contributed by atoms with E-state index in [-0.39, 0.29) is 31.1 Å². The molecule has 0 heterocycles. The zero-order valence-corrected chi connectivity index (χ0v) is 40.0. The first kappa shape index (κ1) is 57.6. The van der Waals surface area contributed by atoms with E-state index in [0.29, 0.717) is 19.3 Å². The Hall–Kier alpha value is -2.37. The van der Waals surface area contributed by atoms with E-state index in [0.717, 1.165) is 77.0 Å². The first-order valence-corrected chi connectivity index (χ1v) is 26.0. The molecule has 350 valence electrons. The Labute approximate surface area is 372 Å². The lowest BCUT2D eigenvalue weighted by Gasteiger charge is -2.18. The fraction of sp³-hybridized carbons (Fsp3) is 0.833. The van der Waals surface area contributed by atoms with Gasteiger partial charge in [0.1, 0.15) is 13.2 Å². The molecule has 6 nitrogen and oxygen atoms in total. The topological polar surface area (TPSA) is 78.9 Å². The minimum Gasteiger partial charge on any atom is -0.462 e. The predicted octanol–water partition coefficient (Wildman–Crippen LogP) is 16.9. The summed E-state index contributed by atoms with van der Waals surface area (Å²) in [5.41, 5.74) is 0. The molecule has 0 spiro atoms. The third kappa shape index (κ3) is 46.7. The summed E-state index contributed by atoms with van der Waals surface area (Å²) in [4.78, 5) is 37.9. The Morgan fingerprint density at radius 1 is 0.333 bits per heavy atom. The fourth-order valence-electron chi connectivity index (χ4n) is 7.50. The number of hydrogen-bond acceptors (Lipinski definition) is 6. The van der Waals surface area contributed by atoms with E-state index < -0.39 is 6.10 Å². The van der Waals surface area contributed by atoms with Gasteiger partial charge in [-0.1, -0.05) is 243 Å². The molecule has 6 heteroatoms. The van der Waals surface area contributed by atoms with E-state index in [4.69, 9.17) is 14.2 Å². The maximum absolute atomic E-state index is 12.8. The van der Waals surface area contributed by atoms with Gasteiger partial charge in [0.05, 0.1) is 0 Å². The van der Waals surface area contributed by atoms with Crippen molar-refractivity contribution in [3.05, 3.63) is 36.5 Å². The molecular formula is C54H98O6. The van der Waals surface area contributed by atoms with Crippen LogP contribution < -0.4 is 0 Å². The van der Waals surface area contributed by atoms with Crippen molar-refractivity contribution in [2.24, 2.45) is 0 Å². The van der Waals surface area contributed by atoms with E-state index in [2.05, 4.69) is 57.2 Å². The highest BCUT2D eigenvalue weighted by atomic mass is 16.6. The van der Waals surface area contributed by atoms with Crippen LogP contribution in [-0.4, -0.2) is 37.2 Å². The smallest absolute Gasteiger partial charge is 0.306 e. The summed E-state index contributed by atoms with van der Waals surface area (Å²) in [5, 5.41) is 0. The molecule has 0 aromatic carbocycles. The number of rotatable bonds is 47. The van der Waals surface area contributed by atoms with Gasteiger partial charge >= 0.3 is 17.9 Å². The van der Waals surface area contributed by atoms with Gasteiger partial charge in [0, 0.05) is 19.3 Å². The minimum absolute atomic E-state index is 0.0751. The highest BCUT2D eigenvalue weighted by Gasteiger charge is 2.19. The quantitative estimate of drug-likeness (QED) is 0.0263. The molecule has 0 saturated heterocycles. The minimum atomic E-state index is -0.774. The van der Waals surface area contributed by atoms with E-state index in [1.165, 1.54) is 154 Å². The monoisotopic (exact) mass is 843 g/mol. The van der Waals surface area contributed by atoms with Crippen molar-refractivity contribution in [2.45, 2.75) is 277 Å². The largest absolute Gasteiger partial charge is 0.462 e. The maximum atomic E-state index is 12.8. The summed E-state index contributed by atoms with van der Waals surface area (Å²) in [6.07, 6.45) is 57.0. The van der Waals surface area contributed by atoms with E-state index in [1.54, 1.807) is 0 Å². The normalized spacial score (nSPS) is 12.2. The van der Waals surface area contributed by atoms with Gasteiger partial charge in [-0.25, -0.2) is 0 Å². The summed E-state index contributed by atoms with van der Waals surface area (Å²) in [7, 11) is 0. The molecule has 0 saturated carbocycles. The second-order valence-electron chi connectivity index (χ2n) is 17.5. The maximum Gasteiger partial charge on any atom is 0.306 e. The fourth-order valence-corrected chi connectivity index (χ4v) is 7.50. The second kappa shape index (κ2) is 49.3. The van der Waals surface area contributed by atoms with Crippen molar-refractivity contribution >= 4 is 17.9 Å². The number of carbonyl (C=O) groups is 3. The first-order chi connectivity index (χ1) is 29.5. The number of ether oxygens (including phenoxy) is 3. The van der Waals surface area contributed by atoms with Crippen LogP contribution in [-0.2, 0) is 28.6 Å². The van der Waals surface area contributed by atoms with Crippen LogP contribution in [0.1, 0.15) is 271 Å². The average molecular weight is 843 g/mol. The van der Waals surface area contributed by atoms with Crippen molar-refractivity contribution in [3.63, 3.8) is 0 Å². The highest BCUT2D eigenvalue weighted by molar-refractivity contribution is 5.71. The predicted molar refractivity (Wildman–Crippen MR) is 256 cm³/mol. The standard InChI is InChI=1S/C54H98O6/c1-4-7-10-13-16-19-21-23-25-26-27-29-30-32-35-38-41-44-47-53(56)59-50-51(49-58-52(55)46-43-40-37-34-18-15-12-9-6-3)60-54(57)48-45-42-39-36-33-31-28-24-22-20-17-14-11-8-5-2/h21,23,25-27,29,51H,4-20,22,24,28,30-50H2,1-3H3/b23-21-,26-25-,29-27-. The van der Waals surface area contributed by atoms with Crippen LogP contribution in [0.2, 0.25) is 0 Å². The Balaban J connectivity index is 4.33. The Bertz CT molecular complexity index is 1020. The van der Waals surface area contributed by atoms with Gasteiger partial charge in [0.15, 0.2) is 6.10 Å².